The number of amides is 1. The second-order valence-corrected chi connectivity index (χ2v) is 4.92. The van der Waals surface area contributed by atoms with Gasteiger partial charge in [-0.15, -0.1) is 0 Å². The molecule has 5 nitrogen and oxygen atoms in total. The third kappa shape index (κ3) is 3.71. The number of nitrogens with two attached hydrogens (primary N) is 1. The van der Waals surface area contributed by atoms with Crippen LogP contribution in [0.1, 0.15) is 24.2 Å². The summed E-state index contributed by atoms with van der Waals surface area (Å²) in [6.45, 7) is 4.91. The van der Waals surface area contributed by atoms with Gasteiger partial charge in [0.15, 0.2) is 0 Å². The maximum Gasteiger partial charge on any atom is 0.251 e. The first-order valence-corrected chi connectivity index (χ1v) is 5.51. The monoisotopic (exact) mass is 237 g/mol. The van der Waals surface area contributed by atoms with Crippen LogP contribution in [0.25, 0.3) is 0 Å². The highest BCUT2D eigenvalue weighted by Gasteiger charge is 2.17. The molecule has 0 spiro atoms. The van der Waals surface area contributed by atoms with Crippen LogP contribution < -0.4 is 16.6 Å². The number of aromatic nitrogens is 1. The number of hydrogen-bond acceptors (Lipinski definition) is 3. The first kappa shape index (κ1) is 13.4. The van der Waals surface area contributed by atoms with E-state index in [0.717, 1.165) is 0 Å². The molecular weight excluding hydrogens is 218 g/mol. The van der Waals surface area contributed by atoms with Gasteiger partial charge in [-0.3, -0.25) is 9.59 Å². The highest BCUT2D eigenvalue weighted by molar-refractivity contribution is 5.93. The van der Waals surface area contributed by atoms with Crippen molar-refractivity contribution in [2.75, 3.05) is 13.1 Å². The number of nitrogens with zero attached hydrogens (tertiary/aromatic N) is 1. The molecule has 17 heavy (non-hydrogen) atoms. The lowest BCUT2D eigenvalue weighted by atomic mass is 9.94. The summed E-state index contributed by atoms with van der Waals surface area (Å²) >= 11 is 0. The van der Waals surface area contributed by atoms with Gasteiger partial charge in [-0.25, -0.2) is 0 Å². The van der Waals surface area contributed by atoms with E-state index in [9.17, 15) is 9.59 Å². The summed E-state index contributed by atoms with van der Waals surface area (Å²) in [7, 11) is 1.64. The molecule has 1 heterocycles. The number of pyridine rings is 1. The van der Waals surface area contributed by atoms with E-state index < -0.39 is 0 Å². The van der Waals surface area contributed by atoms with Gasteiger partial charge in [0.1, 0.15) is 0 Å². The van der Waals surface area contributed by atoms with Crippen LogP contribution in [0.4, 0.5) is 0 Å². The Morgan fingerprint density at radius 3 is 2.71 bits per heavy atom. The first-order valence-electron chi connectivity index (χ1n) is 5.51. The van der Waals surface area contributed by atoms with Crippen molar-refractivity contribution in [2.45, 2.75) is 13.8 Å². The van der Waals surface area contributed by atoms with Gasteiger partial charge >= 0.3 is 0 Å². The minimum absolute atomic E-state index is 0.143. The van der Waals surface area contributed by atoms with Crippen molar-refractivity contribution in [3.8, 4) is 0 Å². The molecule has 5 heteroatoms. The van der Waals surface area contributed by atoms with E-state index in [4.69, 9.17) is 5.73 Å². The van der Waals surface area contributed by atoms with Crippen molar-refractivity contribution in [1.82, 2.24) is 9.88 Å². The molecule has 0 aliphatic carbocycles. The minimum atomic E-state index is -0.246. The van der Waals surface area contributed by atoms with Gasteiger partial charge in [-0.1, -0.05) is 13.8 Å². The normalized spacial score (nSPS) is 11.3. The maximum atomic E-state index is 11.8. The second kappa shape index (κ2) is 5.14. The average molecular weight is 237 g/mol. The summed E-state index contributed by atoms with van der Waals surface area (Å²) in [5.41, 5.74) is 5.60. The molecule has 0 fully saturated rings. The van der Waals surface area contributed by atoms with Crippen molar-refractivity contribution in [3.63, 3.8) is 0 Å². The smallest absolute Gasteiger partial charge is 0.251 e. The molecule has 3 N–H and O–H groups in total. The number of rotatable bonds is 4. The molecule has 0 aromatic carbocycles. The lowest BCUT2D eigenvalue weighted by Crippen LogP contribution is -2.38. The maximum absolute atomic E-state index is 11.8. The standard InChI is InChI=1S/C12H19N3O2/c1-12(2,7-13)8-14-11(17)9-4-5-15(3)10(16)6-9/h4-6H,7-8,13H2,1-3H3,(H,14,17). The van der Waals surface area contributed by atoms with Crippen LogP contribution in [0.15, 0.2) is 23.1 Å². The predicted molar refractivity (Wildman–Crippen MR) is 66.9 cm³/mol. The van der Waals surface area contributed by atoms with E-state index in [0.29, 0.717) is 18.7 Å². The molecule has 94 valence electrons. The largest absolute Gasteiger partial charge is 0.351 e. The Morgan fingerprint density at radius 2 is 2.18 bits per heavy atom. The Bertz CT molecular complexity index is 463. The number of carbonyl (C=O) groups is 1. The molecule has 0 aliphatic rings. The van der Waals surface area contributed by atoms with E-state index in [1.165, 1.54) is 10.6 Å². The Kier molecular flexibility index (Phi) is 4.07. The highest BCUT2D eigenvalue weighted by Crippen LogP contribution is 2.10. The van der Waals surface area contributed by atoms with Crippen molar-refractivity contribution in [1.29, 1.82) is 0 Å². The van der Waals surface area contributed by atoms with E-state index in [1.54, 1.807) is 19.3 Å². The first-order chi connectivity index (χ1) is 7.85. The number of nitrogens with one attached hydrogen (secondary N) is 1. The van der Waals surface area contributed by atoms with E-state index in [-0.39, 0.29) is 16.9 Å². The zero-order valence-corrected chi connectivity index (χ0v) is 10.5. The van der Waals surface area contributed by atoms with Crippen LogP contribution in [0, 0.1) is 5.41 Å². The van der Waals surface area contributed by atoms with Gasteiger partial charge in [-0.2, -0.15) is 0 Å². The minimum Gasteiger partial charge on any atom is -0.351 e. The van der Waals surface area contributed by atoms with Crippen molar-refractivity contribution >= 4 is 5.91 Å². The molecule has 1 rings (SSSR count). The van der Waals surface area contributed by atoms with Gasteiger partial charge < -0.3 is 15.6 Å². The van der Waals surface area contributed by atoms with Gasteiger partial charge in [0.25, 0.3) is 11.5 Å². The topological polar surface area (TPSA) is 77.1 Å². The summed E-state index contributed by atoms with van der Waals surface area (Å²) in [5.74, 6) is -0.246. The fraction of sp³-hybridized carbons (Fsp3) is 0.500. The van der Waals surface area contributed by atoms with Gasteiger partial charge in [0.05, 0.1) is 0 Å². The van der Waals surface area contributed by atoms with Crippen LogP contribution in [-0.2, 0) is 7.05 Å². The quantitative estimate of drug-likeness (QED) is 0.779. The molecule has 0 saturated carbocycles. The summed E-state index contributed by atoms with van der Waals surface area (Å²) in [5, 5.41) is 2.77. The lowest BCUT2D eigenvalue weighted by molar-refractivity contribution is 0.0937. The number of hydrogen-bond donors (Lipinski definition) is 2. The van der Waals surface area contributed by atoms with Crippen LogP contribution in [0.5, 0.6) is 0 Å². The molecule has 1 aromatic rings. The summed E-state index contributed by atoms with van der Waals surface area (Å²) in [6.07, 6.45) is 1.57. The summed E-state index contributed by atoms with van der Waals surface area (Å²) in [4.78, 5) is 23.1. The van der Waals surface area contributed by atoms with Gasteiger partial charge in [0.2, 0.25) is 0 Å². The number of aryl methyl sites for hydroxylation is 1. The fourth-order valence-electron chi connectivity index (χ4n) is 1.18. The molecule has 0 bridgehead atoms. The third-order valence-electron chi connectivity index (χ3n) is 2.65. The molecule has 0 atom stereocenters. The Hall–Kier alpha value is -1.62. The van der Waals surface area contributed by atoms with Crippen molar-refractivity contribution < 1.29 is 4.79 Å². The van der Waals surface area contributed by atoms with E-state index >= 15 is 0 Å². The van der Waals surface area contributed by atoms with Crippen molar-refractivity contribution in [3.05, 3.63) is 34.2 Å². The van der Waals surface area contributed by atoms with Gasteiger partial charge in [-0.05, 0) is 18.0 Å². The zero-order chi connectivity index (χ0) is 13.1. The molecule has 0 aliphatic heterocycles. The van der Waals surface area contributed by atoms with Crippen molar-refractivity contribution in [2.24, 2.45) is 18.2 Å². The van der Waals surface area contributed by atoms with Crippen LogP contribution in [-0.4, -0.2) is 23.6 Å². The summed E-state index contributed by atoms with van der Waals surface area (Å²) in [6, 6.07) is 2.94. The molecule has 0 saturated heterocycles. The van der Waals surface area contributed by atoms with E-state index in [1.807, 2.05) is 13.8 Å². The molecular formula is C12H19N3O2. The number of carbonyl (C=O) groups excluding carboxylic acids is 1. The molecule has 0 unspecified atom stereocenters. The zero-order valence-electron chi connectivity index (χ0n) is 10.5. The van der Waals surface area contributed by atoms with Gasteiger partial charge in [0, 0.05) is 31.4 Å². The molecule has 1 aromatic heterocycles. The predicted octanol–water partition coefficient (Wildman–Crippen LogP) is 0.100. The third-order valence-corrected chi connectivity index (χ3v) is 2.65. The Labute approximate surface area is 101 Å². The Morgan fingerprint density at radius 1 is 1.53 bits per heavy atom. The average Bonchev–Trinajstić information content (AvgIpc) is 2.30. The highest BCUT2D eigenvalue weighted by atomic mass is 16.2. The molecule has 0 radical (unpaired) electrons. The molecule has 1 amide bonds. The van der Waals surface area contributed by atoms with Crippen LogP contribution in [0.3, 0.4) is 0 Å². The second-order valence-electron chi connectivity index (χ2n) is 4.92. The van der Waals surface area contributed by atoms with Crippen LogP contribution >= 0.6 is 0 Å². The van der Waals surface area contributed by atoms with E-state index in [2.05, 4.69) is 5.32 Å². The van der Waals surface area contributed by atoms with Crippen LogP contribution in [0.2, 0.25) is 0 Å². The fourth-order valence-corrected chi connectivity index (χ4v) is 1.18. The Balaban J connectivity index is 2.71. The summed E-state index contributed by atoms with van der Waals surface area (Å²) < 4.78 is 1.42. The lowest BCUT2D eigenvalue weighted by Gasteiger charge is -2.22. The SMILES string of the molecule is Cn1ccc(C(=O)NCC(C)(C)CN)cc1=O.